The molecule has 0 unspecified atom stereocenters. The Hall–Kier alpha value is -6.98. The van der Waals surface area contributed by atoms with Crippen LogP contribution in [0.25, 0.3) is 93.6 Å². The summed E-state index contributed by atoms with van der Waals surface area (Å²) in [5, 5.41) is 6.96. The second-order valence-corrected chi connectivity index (χ2v) is 18.9. The number of hydrogen-bond acceptors (Lipinski definition) is 3. The van der Waals surface area contributed by atoms with E-state index in [1.54, 1.807) is 0 Å². The van der Waals surface area contributed by atoms with Crippen molar-refractivity contribution in [2.45, 2.75) is 45.4 Å². The molecule has 0 bridgehead atoms. The monoisotopic (exact) mass is 770 g/mol. The smallest absolute Gasteiger partial charge is 0.333 e. The number of para-hydroxylation sites is 2. The first kappa shape index (κ1) is 32.9. The van der Waals surface area contributed by atoms with Crippen LogP contribution in [0.1, 0.15) is 51.3 Å². The van der Waals surface area contributed by atoms with Crippen LogP contribution < -0.4 is 15.7 Å². The Morgan fingerprint density at radius 2 is 1.18 bits per heavy atom. The summed E-state index contributed by atoms with van der Waals surface area (Å²) < 4.78 is 15.9. The molecule has 0 atom stereocenters. The summed E-state index contributed by atoms with van der Waals surface area (Å²) in [6.07, 6.45) is 0. The quantitative estimate of drug-likeness (QED) is 0.156. The molecule has 0 fully saturated rings. The second kappa shape index (κ2) is 10.8. The van der Waals surface area contributed by atoms with E-state index in [4.69, 9.17) is 8.83 Å². The van der Waals surface area contributed by atoms with E-state index in [0.29, 0.717) is 0 Å². The van der Waals surface area contributed by atoms with Gasteiger partial charge in [-0.2, -0.15) is 0 Å². The zero-order valence-corrected chi connectivity index (χ0v) is 34.1. The minimum atomic E-state index is -0.135. The van der Waals surface area contributed by atoms with E-state index in [0.717, 1.165) is 43.9 Å². The molecule has 5 heterocycles. The molecule has 3 aliphatic rings. The molecule has 284 valence electrons. The highest BCUT2D eigenvalue weighted by Crippen LogP contribution is 2.54. The van der Waals surface area contributed by atoms with E-state index in [1.807, 2.05) is 0 Å². The Labute approximate surface area is 347 Å². The molecule has 2 aliphatic heterocycles. The molecule has 0 spiro atoms. The lowest BCUT2D eigenvalue weighted by Gasteiger charge is -2.42. The summed E-state index contributed by atoms with van der Waals surface area (Å²) in [7, 11) is 0. The summed E-state index contributed by atoms with van der Waals surface area (Å²) >= 11 is 0. The molecule has 0 N–H and O–H groups in total. The lowest BCUT2D eigenvalue weighted by atomic mass is 9.44. The Morgan fingerprint density at radius 3 is 1.93 bits per heavy atom. The Balaban J connectivity index is 1.16. The third-order valence-electron chi connectivity index (χ3n) is 14.3. The first-order chi connectivity index (χ1) is 29.1. The SMILES string of the molecule is CC(C)(C)c1ccc(N2B3c4cc5oc6ccccc6c5cc4-n4c5cc6c(cc5c5ccc(c3c54)-c3cc4c(cc32)-c2ccccc2C4(C)C)oc2ccccc26)cc1. The standard InChI is InChI=1S/C55H39BN2O2/c1-54(2,3)30-18-20-31(21-19-30)58-46-25-37-32-12-6-9-15-42(32)55(4,5)43(37)24-38(46)35-22-23-36-39-28-50-40(33-13-7-10-16-48(33)59-50)26-45(39)57-47-27-41-34-14-8-11-17-49(34)60-51(41)29-44(47)56(58)52(35)53(36)57/h6-29H,1-5H3. The van der Waals surface area contributed by atoms with Crippen molar-refractivity contribution in [1.29, 1.82) is 0 Å². The third kappa shape index (κ3) is 3.98. The summed E-state index contributed by atoms with van der Waals surface area (Å²) in [6.45, 7) is 11.5. The van der Waals surface area contributed by atoms with E-state index >= 15 is 0 Å². The van der Waals surface area contributed by atoms with Crippen molar-refractivity contribution in [3.05, 3.63) is 162 Å². The fraction of sp³-hybridized carbons (Fsp3) is 0.127. The van der Waals surface area contributed by atoms with E-state index in [2.05, 4.69) is 190 Å². The van der Waals surface area contributed by atoms with Crippen LogP contribution in [0.3, 0.4) is 0 Å². The van der Waals surface area contributed by atoms with Crippen molar-refractivity contribution in [1.82, 2.24) is 4.57 Å². The maximum absolute atomic E-state index is 6.73. The van der Waals surface area contributed by atoms with Crippen LogP contribution in [0.2, 0.25) is 0 Å². The predicted molar refractivity (Wildman–Crippen MR) is 251 cm³/mol. The van der Waals surface area contributed by atoms with Crippen molar-refractivity contribution < 1.29 is 8.83 Å². The molecule has 3 aromatic heterocycles. The molecule has 0 amide bonds. The Kier molecular flexibility index (Phi) is 5.92. The number of rotatable bonds is 1. The molecule has 0 radical (unpaired) electrons. The van der Waals surface area contributed by atoms with Gasteiger partial charge in [-0.25, -0.2) is 0 Å². The molecule has 5 heteroatoms. The van der Waals surface area contributed by atoms with Gasteiger partial charge in [0.15, 0.2) is 0 Å². The van der Waals surface area contributed by atoms with E-state index in [1.165, 1.54) is 88.7 Å². The number of anilines is 2. The van der Waals surface area contributed by atoms with E-state index < -0.39 is 0 Å². The molecule has 8 aromatic carbocycles. The minimum absolute atomic E-state index is 0.0308. The largest absolute Gasteiger partial charge is 0.456 e. The molecule has 0 saturated heterocycles. The number of benzene rings is 8. The average molecular weight is 771 g/mol. The lowest BCUT2D eigenvalue weighted by molar-refractivity contribution is 0.590. The minimum Gasteiger partial charge on any atom is -0.456 e. The van der Waals surface area contributed by atoms with E-state index in [9.17, 15) is 0 Å². The molecule has 0 saturated carbocycles. The number of furan rings is 2. The number of fused-ring (bicyclic) bond motifs is 17. The van der Waals surface area contributed by atoms with Gasteiger partial charge in [0.1, 0.15) is 22.3 Å². The average Bonchev–Trinajstić information content (AvgIpc) is 3.97. The third-order valence-corrected chi connectivity index (χ3v) is 14.3. The Morgan fingerprint density at radius 1 is 0.500 bits per heavy atom. The zero-order chi connectivity index (χ0) is 40.0. The van der Waals surface area contributed by atoms with Crippen LogP contribution in [0.4, 0.5) is 11.4 Å². The zero-order valence-electron chi connectivity index (χ0n) is 34.1. The highest BCUT2D eigenvalue weighted by Gasteiger charge is 2.46. The van der Waals surface area contributed by atoms with Gasteiger partial charge in [-0.15, -0.1) is 0 Å². The number of aromatic nitrogens is 1. The van der Waals surface area contributed by atoms with Gasteiger partial charge in [-0.3, -0.25) is 0 Å². The summed E-state index contributed by atoms with van der Waals surface area (Å²) in [4.78, 5) is 2.64. The van der Waals surface area contributed by atoms with Gasteiger partial charge in [0.05, 0.1) is 11.0 Å². The van der Waals surface area contributed by atoms with Gasteiger partial charge in [-0.1, -0.05) is 120 Å². The van der Waals surface area contributed by atoms with Gasteiger partial charge in [0.25, 0.3) is 0 Å². The second-order valence-electron chi connectivity index (χ2n) is 18.9. The Bertz CT molecular complexity index is 3740. The van der Waals surface area contributed by atoms with Crippen LogP contribution in [0.5, 0.6) is 0 Å². The van der Waals surface area contributed by atoms with Crippen LogP contribution in [-0.4, -0.2) is 11.4 Å². The summed E-state index contributed by atoms with van der Waals surface area (Å²) in [5.74, 6) is 0. The van der Waals surface area contributed by atoms with Gasteiger partial charge in [-0.05, 0) is 110 Å². The first-order valence-corrected chi connectivity index (χ1v) is 21.2. The van der Waals surface area contributed by atoms with Crippen molar-refractivity contribution in [2.75, 3.05) is 4.81 Å². The highest BCUT2D eigenvalue weighted by molar-refractivity contribution is 6.94. The molecular formula is C55H39BN2O2. The maximum Gasteiger partial charge on any atom is 0.333 e. The number of hydrogen-bond donors (Lipinski definition) is 0. The normalized spacial score (nSPS) is 14.8. The molecular weight excluding hydrogens is 731 g/mol. The summed E-state index contributed by atoms with van der Waals surface area (Å²) in [5.41, 5.74) is 21.4. The number of nitrogens with zero attached hydrogens (tertiary/aromatic N) is 2. The first-order valence-electron chi connectivity index (χ1n) is 21.2. The van der Waals surface area contributed by atoms with Crippen molar-refractivity contribution >= 4 is 94.8 Å². The topological polar surface area (TPSA) is 34.5 Å². The van der Waals surface area contributed by atoms with Crippen molar-refractivity contribution in [3.8, 4) is 27.9 Å². The van der Waals surface area contributed by atoms with Gasteiger partial charge >= 0.3 is 6.85 Å². The molecule has 60 heavy (non-hydrogen) atoms. The maximum atomic E-state index is 6.73. The van der Waals surface area contributed by atoms with Gasteiger partial charge < -0.3 is 18.2 Å². The highest BCUT2D eigenvalue weighted by atomic mass is 16.3. The molecule has 11 aromatic rings. The van der Waals surface area contributed by atoms with Crippen molar-refractivity contribution in [3.63, 3.8) is 0 Å². The van der Waals surface area contributed by atoms with Crippen LogP contribution >= 0.6 is 0 Å². The molecule has 4 nitrogen and oxygen atoms in total. The van der Waals surface area contributed by atoms with Gasteiger partial charge in [0.2, 0.25) is 0 Å². The van der Waals surface area contributed by atoms with E-state index in [-0.39, 0.29) is 17.7 Å². The fourth-order valence-corrected chi connectivity index (χ4v) is 11.4. The van der Waals surface area contributed by atoms with Crippen molar-refractivity contribution in [2.24, 2.45) is 0 Å². The fourth-order valence-electron chi connectivity index (χ4n) is 11.4. The summed E-state index contributed by atoms with van der Waals surface area (Å²) in [6, 6.07) is 54.5. The molecule has 1 aliphatic carbocycles. The predicted octanol–water partition coefficient (Wildman–Crippen LogP) is 13.4. The van der Waals surface area contributed by atoms with Crippen LogP contribution in [0.15, 0.2) is 154 Å². The van der Waals surface area contributed by atoms with Crippen LogP contribution in [0, 0.1) is 0 Å². The van der Waals surface area contributed by atoms with Gasteiger partial charge in [0, 0.05) is 60.4 Å². The lowest BCUT2D eigenvalue weighted by Crippen LogP contribution is -2.60. The van der Waals surface area contributed by atoms with Crippen LogP contribution in [-0.2, 0) is 10.8 Å². The molecule has 14 rings (SSSR count).